The van der Waals surface area contributed by atoms with Gasteiger partial charge in [-0.15, -0.1) is 0 Å². The second kappa shape index (κ2) is 8.08. The molecule has 2 nitrogen and oxygen atoms in total. The first-order chi connectivity index (χ1) is 7.77. The molecule has 1 aliphatic rings. The Morgan fingerprint density at radius 3 is 2.31 bits per heavy atom. The first-order valence-electron chi connectivity index (χ1n) is 7.16. The van der Waals surface area contributed by atoms with Crippen molar-refractivity contribution in [1.29, 1.82) is 0 Å². The van der Waals surface area contributed by atoms with Gasteiger partial charge in [-0.3, -0.25) is 0 Å². The Kier molecular flexibility index (Phi) is 7.06. The highest BCUT2D eigenvalue weighted by molar-refractivity contribution is 4.72. The van der Waals surface area contributed by atoms with Gasteiger partial charge in [0.15, 0.2) is 0 Å². The van der Waals surface area contributed by atoms with Crippen LogP contribution in [0.4, 0.5) is 0 Å². The van der Waals surface area contributed by atoms with E-state index in [1.165, 1.54) is 32.1 Å². The zero-order valence-corrected chi connectivity index (χ0v) is 11.0. The van der Waals surface area contributed by atoms with E-state index in [1.54, 1.807) is 0 Å². The molecule has 1 saturated carbocycles. The highest BCUT2D eigenvalue weighted by Crippen LogP contribution is 2.22. The van der Waals surface area contributed by atoms with Crippen LogP contribution in [0, 0.1) is 11.8 Å². The maximum absolute atomic E-state index is 9.98. The van der Waals surface area contributed by atoms with E-state index in [4.69, 9.17) is 0 Å². The summed E-state index contributed by atoms with van der Waals surface area (Å²) in [5.41, 5.74) is 0. The van der Waals surface area contributed by atoms with Gasteiger partial charge in [-0.2, -0.15) is 0 Å². The van der Waals surface area contributed by atoms with Gasteiger partial charge in [-0.1, -0.05) is 46.0 Å². The van der Waals surface area contributed by atoms with Gasteiger partial charge < -0.3 is 10.4 Å². The van der Waals surface area contributed by atoms with E-state index in [2.05, 4.69) is 19.2 Å². The third-order valence-corrected chi connectivity index (χ3v) is 4.10. The van der Waals surface area contributed by atoms with Crippen LogP contribution in [0.1, 0.15) is 58.8 Å². The molecule has 1 fully saturated rings. The minimum Gasteiger partial charge on any atom is -0.392 e. The summed E-state index contributed by atoms with van der Waals surface area (Å²) in [6.45, 7) is 6.22. The quantitative estimate of drug-likeness (QED) is 0.701. The molecule has 1 rings (SSSR count). The zero-order valence-electron chi connectivity index (χ0n) is 11.0. The van der Waals surface area contributed by atoms with Crippen LogP contribution in [-0.4, -0.2) is 24.3 Å². The molecular weight excluding hydrogens is 198 g/mol. The third kappa shape index (κ3) is 4.84. The number of hydrogen-bond acceptors (Lipinski definition) is 2. The SMILES string of the molecule is CCC(CC)C(O)CNCC1CCCCC1. The minimum absolute atomic E-state index is 0.154. The van der Waals surface area contributed by atoms with Crippen molar-refractivity contribution in [3.8, 4) is 0 Å². The van der Waals surface area contributed by atoms with Crippen molar-refractivity contribution >= 4 is 0 Å². The molecule has 1 atom stereocenters. The van der Waals surface area contributed by atoms with E-state index in [0.717, 1.165) is 31.8 Å². The normalized spacial score (nSPS) is 20.2. The molecule has 0 amide bonds. The highest BCUT2D eigenvalue weighted by Gasteiger charge is 2.17. The van der Waals surface area contributed by atoms with Crippen molar-refractivity contribution < 1.29 is 5.11 Å². The Morgan fingerprint density at radius 1 is 1.12 bits per heavy atom. The Labute approximate surface area is 101 Å². The summed E-state index contributed by atoms with van der Waals surface area (Å²) < 4.78 is 0. The fourth-order valence-electron chi connectivity index (χ4n) is 2.83. The molecule has 96 valence electrons. The zero-order chi connectivity index (χ0) is 11.8. The summed E-state index contributed by atoms with van der Waals surface area (Å²) in [6.07, 6.45) is 9.02. The van der Waals surface area contributed by atoms with Gasteiger partial charge in [0.05, 0.1) is 6.10 Å². The largest absolute Gasteiger partial charge is 0.392 e. The number of aliphatic hydroxyl groups is 1. The predicted octanol–water partition coefficient (Wildman–Crippen LogP) is 2.95. The van der Waals surface area contributed by atoms with E-state index >= 15 is 0 Å². The van der Waals surface area contributed by atoms with E-state index in [-0.39, 0.29) is 6.10 Å². The van der Waals surface area contributed by atoms with Crippen molar-refractivity contribution in [2.75, 3.05) is 13.1 Å². The van der Waals surface area contributed by atoms with Gasteiger partial charge in [-0.05, 0) is 31.2 Å². The van der Waals surface area contributed by atoms with Crippen LogP contribution in [0.3, 0.4) is 0 Å². The Bertz CT molecular complexity index is 162. The Hall–Kier alpha value is -0.0800. The van der Waals surface area contributed by atoms with Gasteiger partial charge in [0.2, 0.25) is 0 Å². The molecule has 0 aromatic rings. The topological polar surface area (TPSA) is 32.3 Å². The van der Waals surface area contributed by atoms with Gasteiger partial charge in [-0.25, -0.2) is 0 Å². The molecule has 2 heteroatoms. The highest BCUT2D eigenvalue weighted by atomic mass is 16.3. The first kappa shape index (κ1) is 14.0. The number of hydrogen-bond donors (Lipinski definition) is 2. The summed E-state index contributed by atoms with van der Waals surface area (Å²) >= 11 is 0. The van der Waals surface area contributed by atoms with Crippen LogP contribution in [0.15, 0.2) is 0 Å². The fraction of sp³-hybridized carbons (Fsp3) is 1.00. The second-order valence-electron chi connectivity index (χ2n) is 5.31. The number of nitrogens with one attached hydrogen (secondary N) is 1. The molecule has 2 N–H and O–H groups in total. The summed E-state index contributed by atoms with van der Waals surface area (Å²) in [7, 11) is 0. The molecule has 16 heavy (non-hydrogen) atoms. The molecule has 0 aromatic carbocycles. The predicted molar refractivity (Wildman–Crippen MR) is 69.5 cm³/mol. The lowest BCUT2D eigenvalue weighted by atomic mass is 9.89. The van der Waals surface area contributed by atoms with Gasteiger partial charge in [0.1, 0.15) is 0 Å². The van der Waals surface area contributed by atoms with Crippen molar-refractivity contribution in [2.24, 2.45) is 11.8 Å². The fourth-order valence-corrected chi connectivity index (χ4v) is 2.83. The third-order valence-electron chi connectivity index (χ3n) is 4.10. The molecule has 0 saturated heterocycles. The van der Waals surface area contributed by atoms with Crippen molar-refractivity contribution in [1.82, 2.24) is 5.32 Å². The average molecular weight is 227 g/mol. The lowest BCUT2D eigenvalue weighted by molar-refractivity contribution is 0.0997. The van der Waals surface area contributed by atoms with E-state index < -0.39 is 0 Å². The van der Waals surface area contributed by atoms with Crippen LogP contribution in [-0.2, 0) is 0 Å². The standard InChI is InChI=1S/C14H29NO/c1-3-13(4-2)14(16)11-15-10-12-8-6-5-7-9-12/h12-16H,3-11H2,1-2H3. The monoisotopic (exact) mass is 227 g/mol. The second-order valence-corrected chi connectivity index (χ2v) is 5.31. The number of aliphatic hydroxyl groups excluding tert-OH is 1. The van der Waals surface area contributed by atoms with Crippen LogP contribution in [0.5, 0.6) is 0 Å². The van der Waals surface area contributed by atoms with Gasteiger partial charge in [0.25, 0.3) is 0 Å². The average Bonchev–Trinajstić information content (AvgIpc) is 2.32. The molecule has 0 aliphatic heterocycles. The van der Waals surface area contributed by atoms with Gasteiger partial charge in [0, 0.05) is 6.54 Å². The van der Waals surface area contributed by atoms with Gasteiger partial charge >= 0.3 is 0 Å². The van der Waals surface area contributed by atoms with Crippen molar-refractivity contribution in [3.63, 3.8) is 0 Å². The van der Waals surface area contributed by atoms with Crippen molar-refractivity contribution in [3.05, 3.63) is 0 Å². The van der Waals surface area contributed by atoms with E-state index in [0.29, 0.717) is 5.92 Å². The van der Waals surface area contributed by atoms with E-state index in [9.17, 15) is 5.11 Å². The molecule has 0 radical (unpaired) electrons. The molecule has 0 aromatic heterocycles. The van der Waals surface area contributed by atoms with E-state index in [1.807, 2.05) is 0 Å². The van der Waals surface area contributed by atoms with Crippen LogP contribution in [0.25, 0.3) is 0 Å². The maximum Gasteiger partial charge on any atom is 0.0692 e. The smallest absolute Gasteiger partial charge is 0.0692 e. The maximum atomic E-state index is 9.98. The minimum atomic E-state index is -0.154. The lowest BCUT2D eigenvalue weighted by Crippen LogP contribution is -2.35. The first-order valence-corrected chi connectivity index (χ1v) is 7.16. The Morgan fingerprint density at radius 2 is 1.75 bits per heavy atom. The molecule has 0 spiro atoms. The van der Waals surface area contributed by atoms with Crippen molar-refractivity contribution in [2.45, 2.75) is 64.9 Å². The summed E-state index contributed by atoms with van der Waals surface area (Å²) in [6, 6.07) is 0. The van der Waals surface area contributed by atoms with Crippen LogP contribution >= 0.6 is 0 Å². The number of rotatable bonds is 7. The summed E-state index contributed by atoms with van der Waals surface area (Å²) in [4.78, 5) is 0. The Balaban J connectivity index is 2.09. The summed E-state index contributed by atoms with van der Waals surface area (Å²) in [5, 5.41) is 13.4. The van der Waals surface area contributed by atoms with Crippen LogP contribution < -0.4 is 5.32 Å². The lowest BCUT2D eigenvalue weighted by Gasteiger charge is -2.24. The summed E-state index contributed by atoms with van der Waals surface area (Å²) in [5.74, 6) is 1.33. The van der Waals surface area contributed by atoms with Crippen LogP contribution in [0.2, 0.25) is 0 Å². The molecule has 1 aliphatic carbocycles. The molecule has 0 bridgehead atoms. The molecular formula is C14H29NO. The molecule has 0 heterocycles. The molecule has 1 unspecified atom stereocenters.